The van der Waals surface area contributed by atoms with E-state index in [1.54, 1.807) is 0 Å². The zero-order valence-corrected chi connectivity index (χ0v) is 5.17. The molecule has 0 saturated heterocycles. The molecule has 2 heteroatoms. The van der Waals surface area contributed by atoms with Gasteiger partial charge in [-0.15, -0.1) is 0 Å². The fraction of sp³-hybridized carbons (Fsp3) is 0.667. The van der Waals surface area contributed by atoms with E-state index in [0.717, 1.165) is 6.42 Å². The molecular weight excluding hydrogens is 102 g/mol. The van der Waals surface area contributed by atoms with Gasteiger partial charge in [0.05, 0.1) is 6.61 Å². The second-order valence-electron chi connectivity index (χ2n) is 1.75. The molecule has 0 aromatic rings. The van der Waals surface area contributed by atoms with E-state index in [9.17, 15) is 0 Å². The first-order chi connectivity index (χ1) is 3.81. The van der Waals surface area contributed by atoms with Crippen molar-refractivity contribution in [1.82, 2.24) is 0 Å². The van der Waals surface area contributed by atoms with Gasteiger partial charge in [0.25, 0.3) is 0 Å². The highest BCUT2D eigenvalue weighted by Gasteiger charge is 1.92. The van der Waals surface area contributed by atoms with E-state index in [1.165, 1.54) is 0 Å². The van der Waals surface area contributed by atoms with Crippen LogP contribution in [0.2, 0.25) is 0 Å². The number of hydrogen-bond donors (Lipinski definition) is 2. The van der Waals surface area contributed by atoms with Crippen LogP contribution in [0.1, 0.15) is 13.3 Å². The molecule has 0 aliphatic carbocycles. The van der Waals surface area contributed by atoms with E-state index in [4.69, 9.17) is 10.8 Å². The Morgan fingerprint density at radius 1 is 1.75 bits per heavy atom. The standard InChI is InChI=1S/C6H13NO/c1-2-3-4-6(7)5-8/h2-3,6,8H,4-5,7H2,1H3/b3-2+/t6-/m0/s1. The van der Waals surface area contributed by atoms with E-state index in [0.29, 0.717) is 0 Å². The minimum absolute atomic E-state index is 0.0737. The van der Waals surface area contributed by atoms with Crippen LogP contribution in [-0.4, -0.2) is 17.8 Å². The predicted molar refractivity (Wildman–Crippen MR) is 34.5 cm³/mol. The van der Waals surface area contributed by atoms with E-state index in [1.807, 2.05) is 19.1 Å². The first kappa shape index (κ1) is 7.66. The average molecular weight is 115 g/mol. The summed E-state index contributed by atoms with van der Waals surface area (Å²) in [5.41, 5.74) is 5.36. The van der Waals surface area contributed by atoms with Gasteiger partial charge in [-0.3, -0.25) is 0 Å². The molecule has 0 bridgehead atoms. The highest BCUT2D eigenvalue weighted by molar-refractivity contribution is 4.81. The number of hydrogen-bond acceptors (Lipinski definition) is 2. The monoisotopic (exact) mass is 115 g/mol. The van der Waals surface area contributed by atoms with Gasteiger partial charge in [0, 0.05) is 6.04 Å². The number of allylic oxidation sites excluding steroid dienone is 1. The maximum absolute atomic E-state index is 8.40. The molecule has 0 rings (SSSR count). The van der Waals surface area contributed by atoms with Crippen LogP contribution in [0.15, 0.2) is 12.2 Å². The van der Waals surface area contributed by atoms with Crippen LogP contribution in [0.4, 0.5) is 0 Å². The predicted octanol–water partition coefficient (Wildman–Crippen LogP) is 0.272. The van der Waals surface area contributed by atoms with Crippen molar-refractivity contribution in [3.8, 4) is 0 Å². The summed E-state index contributed by atoms with van der Waals surface area (Å²) in [4.78, 5) is 0. The van der Waals surface area contributed by atoms with Crippen molar-refractivity contribution < 1.29 is 5.11 Å². The Balaban J connectivity index is 3.10. The van der Waals surface area contributed by atoms with Crippen molar-refractivity contribution >= 4 is 0 Å². The molecule has 0 unspecified atom stereocenters. The third kappa shape index (κ3) is 3.84. The number of rotatable bonds is 3. The minimum Gasteiger partial charge on any atom is -0.395 e. The summed E-state index contributed by atoms with van der Waals surface area (Å²) in [6.07, 6.45) is 4.64. The van der Waals surface area contributed by atoms with Gasteiger partial charge in [0.1, 0.15) is 0 Å². The van der Waals surface area contributed by atoms with Crippen molar-refractivity contribution in [2.45, 2.75) is 19.4 Å². The van der Waals surface area contributed by atoms with Crippen molar-refractivity contribution in [2.24, 2.45) is 5.73 Å². The Morgan fingerprint density at radius 3 is 2.75 bits per heavy atom. The third-order valence-electron chi connectivity index (χ3n) is 0.909. The minimum atomic E-state index is -0.0776. The Kier molecular flexibility index (Phi) is 4.61. The Hall–Kier alpha value is -0.340. The topological polar surface area (TPSA) is 46.2 Å². The van der Waals surface area contributed by atoms with Gasteiger partial charge in [-0.05, 0) is 13.3 Å². The van der Waals surface area contributed by atoms with E-state index in [-0.39, 0.29) is 12.6 Å². The molecule has 0 aromatic carbocycles. The lowest BCUT2D eigenvalue weighted by molar-refractivity contribution is 0.266. The van der Waals surface area contributed by atoms with E-state index >= 15 is 0 Å². The maximum Gasteiger partial charge on any atom is 0.0585 e. The lowest BCUT2D eigenvalue weighted by atomic mass is 10.2. The summed E-state index contributed by atoms with van der Waals surface area (Å²) < 4.78 is 0. The average Bonchev–Trinajstić information content (AvgIpc) is 1.83. The van der Waals surface area contributed by atoms with Crippen molar-refractivity contribution in [3.63, 3.8) is 0 Å². The maximum atomic E-state index is 8.40. The number of aliphatic hydroxyl groups is 1. The second kappa shape index (κ2) is 4.81. The van der Waals surface area contributed by atoms with Crippen LogP contribution >= 0.6 is 0 Å². The third-order valence-corrected chi connectivity index (χ3v) is 0.909. The molecule has 0 aliphatic heterocycles. The van der Waals surface area contributed by atoms with Crippen LogP contribution in [0, 0.1) is 0 Å². The van der Waals surface area contributed by atoms with E-state index in [2.05, 4.69) is 0 Å². The first-order valence-corrected chi connectivity index (χ1v) is 2.78. The largest absolute Gasteiger partial charge is 0.395 e. The second-order valence-corrected chi connectivity index (χ2v) is 1.75. The normalized spacial score (nSPS) is 14.9. The van der Waals surface area contributed by atoms with Crippen LogP contribution in [-0.2, 0) is 0 Å². The molecule has 0 saturated carbocycles. The molecule has 0 heterocycles. The summed E-state index contributed by atoms with van der Waals surface area (Å²) in [6, 6.07) is -0.0776. The molecule has 2 nitrogen and oxygen atoms in total. The zero-order valence-electron chi connectivity index (χ0n) is 5.17. The van der Waals surface area contributed by atoms with Crippen molar-refractivity contribution in [3.05, 3.63) is 12.2 Å². The van der Waals surface area contributed by atoms with E-state index < -0.39 is 0 Å². The first-order valence-electron chi connectivity index (χ1n) is 2.78. The number of aliphatic hydroxyl groups excluding tert-OH is 1. The lowest BCUT2D eigenvalue weighted by Gasteiger charge is -2.00. The molecule has 3 N–H and O–H groups in total. The molecule has 0 radical (unpaired) electrons. The summed E-state index contributed by atoms with van der Waals surface area (Å²) >= 11 is 0. The van der Waals surface area contributed by atoms with Gasteiger partial charge in [-0.2, -0.15) is 0 Å². The molecule has 48 valence electrons. The van der Waals surface area contributed by atoms with Gasteiger partial charge in [-0.1, -0.05) is 12.2 Å². The smallest absolute Gasteiger partial charge is 0.0585 e. The molecule has 0 aliphatic rings. The summed E-state index contributed by atoms with van der Waals surface area (Å²) in [6.45, 7) is 2.01. The van der Waals surface area contributed by atoms with Crippen molar-refractivity contribution in [1.29, 1.82) is 0 Å². The highest BCUT2D eigenvalue weighted by Crippen LogP contribution is 1.86. The SMILES string of the molecule is C/C=C/C[C@H](N)CO. The van der Waals surface area contributed by atoms with Gasteiger partial charge in [-0.25, -0.2) is 0 Å². The molecular formula is C6H13NO. The van der Waals surface area contributed by atoms with Crippen LogP contribution in [0.5, 0.6) is 0 Å². The quantitative estimate of drug-likeness (QED) is 0.519. The van der Waals surface area contributed by atoms with Crippen LogP contribution in [0.25, 0.3) is 0 Å². The summed E-state index contributed by atoms with van der Waals surface area (Å²) in [7, 11) is 0. The molecule has 8 heavy (non-hydrogen) atoms. The van der Waals surface area contributed by atoms with Gasteiger partial charge in [0.15, 0.2) is 0 Å². The van der Waals surface area contributed by atoms with Gasteiger partial charge >= 0.3 is 0 Å². The van der Waals surface area contributed by atoms with Crippen LogP contribution < -0.4 is 5.73 Å². The molecule has 0 aromatic heterocycles. The van der Waals surface area contributed by atoms with Crippen molar-refractivity contribution in [2.75, 3.05) is 6.61 Å². The highest BCUT2D eigenvalue weighted by atomic mass is 16.3. The molecule has 1 atom stereocenters. The molecule has 0 spiro atoms. The Bertz CT molecular complexity index is 70.9. The molecule has 0 amide bonds. The zero-order chi connectivity index (χ0) is 6.41. The fourth-order valence-electron chi connectivity index (χ4n) is 0.385. The van der Waals surface area contributed by atoms with Crippen LogP contribution in [0.3, 0.4) is 0 Å². The summed E-state index contributed by atoms with van der Waals surface area (Å²) in [5, 5.41) is 8.40. The summed E-state index contributed by atoms with van der Waals surface area (Å²) in [5.74, 6) is 0. The molecule has 0 fully saturated rings. The number of nitrogens with two attached hydrogens (primary N) is 1. The lowest BCUT2D eigenvalue weighted by Crippen LogP contribution is -2.22. The van der Waals surface area contributed by atoms with Gasteiger partial charge < -0.3 is 10.8 Å². The Labute approximate surface area is 50.0 Å². The fourth-order valence-corrected chi connectivity index (χ4v) is 0.385. The Morgan fingerprint density at radius 2 is 2.38 bits per heavy atom. The van der Waals surface area contributed by atoms with Gasteiger partial charge in [0.2, 0.25) is 0 Å².